The largest absolute Gasteiger partial charge is 0.493 e. The van der Waals surface area contributed by atoms with E-state index in [9.17, 15) is 9.59 Å². The molecule has 9 heteroatoms. The lowest BCUT2D eigenvalue weighted by molar-refractivity contribution is -0.139. The summed E-state index contributed by atoms with van der Waals surface area (Å²) >= 11 is 0. The second-order valence-electron chi connectivity index (χ2n) is 10.1. The molecule has 1 aliphatic carbocycles. The number of nitrogens with one attached hydrogen (secondary N) is 1. The smallest absolute Gasteiger partial charge is 0.246 e. The van der Waals surface area contributed by atoms with Crippen LogP contribution in [0.25, 0.3) is 16.9 Å². The molecule has 0 spiro atoms. The summed E-state index contributed by atoms with van der Waals surface area (Å²) in [6, 6.07) is 15.3. The van der Waals surface area contributed by atoms with Crippen LogP contribution in [0, 0.1) is 5.92 Å². The summed E-state index contributed by atoms with van der Waals surface area (Å²) in [5.74, 6) is 1.25. The summed E-state index contributed by atoms with van der Waals surface area (Å²) in [6.07, 6.45) is 7.61. The molecule has 206 valence electrons. The number of aromatic nitrogens is 2. The molecule has 0 unspecified atom stereocenters. The van der Waals surface area contributed by atoms with Crippen LogP contribution in [0.15, 0.2) is 54.7 Å². The van der Waals surface area contributed by atoms with Crippen molar-refractivity contribution in [3.8, 4) is 28.4 Å². The molecule has 1 saturated heterocycles. The molecule has 2 amide bonds. The number of hydrogen-bond acceptors (Lipinski definition) is 6. The van der Waals surface area contributed by atoms with E-state index in [1.165, 1.54) is 0 Å². The number of nitrogens with zero attached hydrogens (tertiary/aromatic N) is 3. The Morgan fingerprint density at radius 2 is 1.79 bits per heavy atom. The number of anilines is 1. The zero-order valence-corrected chi connectivity index (χ0v) is 22.6. The number of amides is 2. The average molecular weight is 533 g/mol. The van der Waals surface area contributed by atoms with Crippen LogP contribution < -0.4 is 14.8 Å². The predicted molar refractivity (Wildman–Crippen MR) is 148 cm³/mol. The van der Waals surface area contributed by atoms with Crippen molar-refractivity contribution in [3.05, 3.63) is 54.7 Å². The monoisotopic (exact) mass is 532 g/mol. The van der Waals surface area contributed by atoms with Crippen molar-refractivity contribution in [2.45, 2.75) is 44.6 Å². The molecule has 2 fully saturated rings. The van der Waals surface area contributed by atoms with Gasteiger partial charge in [0.05, 0.1) is 31.7 Å². The van der Waals surface area contributed by atoms with E-state index in [0.29, 0.717) is 36.3 Å². The standard InChI is InChI=1S/C30H36N4O5/c1-37-26-15-14-23(17-27(26)38-2)34-19-25(21-9-4-3-5-10-21)31-30(34)32-28(35)20-33(18-24-13-8-16-39-24)29(36)22-11-6-7-12-22/h3-5,9-10,14-15,17,19,22,24H,6-8,11-13,16,18,20H2,1-2H3,(H,31,32,35)/t24-/m0/s1. The molecule has 0 bridgehead atoms. The summed E-state index contributed by atoms with van der Waals surface area (Å²) < 4.78 is 18.5. The van der Waals surface area contributed by atoms with E-state index in [-0.39, 0.29) is 30.4 Å². The van der Waals surface area contributed by atoms with Crippen molar-refractivity contribution in [2.24, 2.45) is 5.92 Å². The van der Waals surface area contributed by atoms with Crippen molar-refractivity contribution in [3.63, 3.8) is 0 Å². The fraction of sp³-hybridized carbons (Fsp3) is 0.433. The van der Waals surface area contributed by atoms with Gasteiger partial charge < -0.3 is 19.1 Å². The summed E-state index contributed by atoms with van der Waals surface area (Å²) in [5.41, 5.74) is 2.37. The zero-order valence-electron chi connectivity index (χ0n) is 22.6. The van der Waals surface area contributed by atoms with E-state index < -0.39 is 0 Å². The Kier molecular flexibility index (Phi) is 8.46. The van der Waals surface area contributed by atoms with Gasteiger partial charge in [0, 0.05) is 36.9 Å². The normalized spacial score (nSPS) is 17.2. The molecule has 0 radical (unpaired) electrons. The highest BCUT2D eigenvalue weighted by Crippen LogP contribution is 2.32. The Balaban J connectivity index is 1.41. The lowest BCUT2D eigenvalue weighted by atomic mass is 10.1. The van der Waals surface area contributed by atoms with E-state index in [0.717, 1.165) is 49.8 Å². The lowest BCUT2D eigenvalue weighted by Gasteiger charge is -2.27. The molecule has 3 aromatic rings. The van der Waals surface area contributed by atoms with E-state index in [1.54, 1.807) is 19.1 Å². The molecule has 1 atom stereocenters. The third kappa shape index (κ3) is 6.25. The number of carbonyl (C=O) groups is 2. The highest BCUT2D eigenvalue weighted by Gasteiger charge is 2.31. The van der Waals surface area contributed by atoms with Crippen LogP contribution in [0.4, 0.5) is 5.95 Å². The van der Waals surface area contributed by atoms with Crippen molar-refractivity contribution >= 4 is 17.8 Å². The topological polar surface area (TPSA) is 94.9 Å². The molecule has 1 saturated carbocycles. The first-order valence-electron chi connectivity index (χ1n) is 13.6. The first kappa shape index (κ1) is 26.7. The molecule has 1 N–H and O–H groups in total. The van der Waals surface area contributed by atoms with Crippen LogP contribution >= 0.6 is 0 Å². The molecular weight excluding hydrogens is 496 g/mol. The summed E-state index contributed by atoms with van der Waals surface area (Å²) in [7, 11) is 3.17. The second kappa shape index (κ2) is 12.3. The van der Waals surface area contributed by atoms with Crippen molar-refractivity contribution in [2.75, 3.05) is 39.2 Å². The Hall–Kier alpha value is -3.85. The van der Waals surface area contributed by atoms with Gasteiger partial charge in [-0.1, -0.05) is 43.2 Å². The number of benzene rings is 2. The summed E-state index contributed by atoms with van der Waals surface area (Å²) in [6.45, 7) is 1.09. The number of imidazole rings is 1. The minimum atomic E-state index is -0.300. The third-order valence-corrected chi connectivity index (χ3v) is 7.47. The minimum absolute atomic E-state index is 0.0161. The average Bonchev–Trinajstić information content (AvgIpc) is 3.75. The van der Waals surface area contributed by atoms with Crippen molar-refractivity contribution in [1.82, 2.24) is 14.5 Å². The van der Waals surface area contributed by atoms with Gasteiger partial charge in [-0.2, -0.15) is 0 Å². The maximum Gasteiger partial charge on any atom is 0.246 e. The van der Waals surface area contributed by atoms with Gasteiger partial charge in [0.1, 0.15) is 6.54 Å². The van der Waals surface area contributed by atoms with Crippen LogP contribution in [-0.4, -0.2) is 66.3 Å². The van der Waals surface area contributed by atoms with Crippen molar-refractivity contribution < 1.29 is 23.8 Å². The first-order chi connectivity index (χ1) is 19.1. The zero-order chi connectivity index (χ0) is 27.2. The summed E-state index contributed by atoms with van der Waals surface area (Å²) in [5, 5.41) is 2.97. The van der Waals surface area contributed by atoms with Gasteiger partial charge in [0.15, 0.2) is 11.5 Å². The fourth-order valence-corrected chi connectivity index (χ4v) is 5.42. The van der Waals surface area contributed by atoms with Crippen molar-refractivity contribution in [1.29, 1.82) is 0 Å². The number of hydrogen-bond donors (Lipinski definition) is 1. The van der Waals surface area contributed by atoms with Crippen LogP contribution in [0.1, 0.15) is 38.5 Å². The van der Waals surface area contributed by atoms with Gasteiger partial charge in [-0.15, -0.1) is 0 Å². The number of methoxy groups -OCH3 is 2. The van der Waals surface area contributed by atoms with Gasteiger partial charge in [-0.05, 0) is 37.8 Å². The molecule has 2 aliphatic rings. The van der Waals surface area contributed by atoms with Crippen LogP contribution in [0.5, 0.6) is 11.5 Å². The molecule has 39 heavy (non-hydrogen) atoms. The highest BCUT2D eigenvalue weighted by molar-refractivity contribution is 5.94. The first-order valence-corrected chi connectivity index (χ1v) is 13.6. The molecule has 9 nitrogen and oxygen atoms in total. The number of ether oxygens (including phenoxy) is 3. The molecule has 2 heterocycles. The quantitative estimate of drug-likeness (QED) is 0.407. The minimum Gasteiger partial charge on any atom is -0.493 e. The van der Waals surface area contributed by atoms with Crippen LogP contribution in [0.3, 0.4) is 0 Å². The van der Waals surface area contributed by atoms with Gasteiger partial charge in [-0.25, -0.2) is 4.98 Å². The molecular formula is C30H36N4O5. The third-order valence-electron chi connectivity index (χ3n) is 7.47. The van der Waals surface area contributed by atoms with Crippen LogP contribution in [0.2, 0.25) is 0 Å². The fourth-order valence-electron chi connectivity index (χ4n) is 5.42. The molecule has 1 aliphatic heterocycles. The molecule has 1 aromatic heterocycles. The Morgan fingerprint density at radius 3 is 2.49 bits per heavy atom. The maximum absolute atomic E-state index is 13.4. The second-order valence-corrected chi connectivity index (χ2v) is 10.1. The number of carbonyl (C=O) groups excluding carboxylic acids is 2. The van der Waals surface area contributed by atoms with Gasteiger partial charge in [0.25, 0.3) is 0 Å². The van der Waals surface area contributed by atoms with Gasteiger partial charge in [0.2, 0.25) is 17.8 Å². The van der Waals surface area contributed by atoms with Crippen LogP contribution in [-0.2, 0) is 14.3 Å². The van der Waals surface area contributed by atoms with Gasteiger partial charge in [-0.3, -0.25) is 19.5 Å². The highest BCUT2D eigenvalue weighted by atomic mass is 16.5. The number of rotatable bonds is 10. The van der Waals surface area contributed by atoms with E-state index >= 15 is 0 Å². The maximum atomic E-state index is 13.4. The Bertz CT molecular complexity index is 1280. The predicted octanol–water partition coefficient (Wildman–Crippen LogP) is 4.69. The van der Waals surface area contributed by atoms with E-state index in [2.05, 4.69) is 5.32 Å². The Labute approximate surface area is 229 Å². The summed E-state index contributed by atoms with van der Waals surface area (Å²) in [4.78, 5) is 33.2. The Morgan fingerprint density at radius 1 is 1.03 bits per heavy atom. The van der Waals surface area contributed by atoms with E-state index in [1.807, 2.05) is 59.3 Å². The lowest BCUT2D eigenvalue weighted by Crippen LogP contribution is -2.44. The SMILES string of the molecule is COc1ccc(-n2cc(-c3ccccc3)nc2NC(=O)CN(C[C@@H]2CCCO2)C(=O)C2CCCC2)cc1OC. The van der Waals surface area contributed by atoms with E-state index in [4.69, 9.17) is 19.2 Å². The molecule has 2 aromatic carbocycles. The van der Waals surface area contributed by atoms with Gasteiger partial charge >= 0.3 is 0 Å². The molecule has 5 rings (SSSR count).